The van der Waals surface area contributed by atoms with Crippen LogP contribution in [0.2, 0.25) is 0 Å². The largest absolute Gasteiger partial charge is 0.573 e. The number of Topliss-reactive ketones (excluding diaryl/α,β-unsaturated/α-hetero) is 2. The minimum absolute atomic E-state index is 0.0967. The Morgan fingerprint density at radius 3 is 2.19 bits per heavy atom. The number of ketones is 2. The van der Waals surface area contributed by atoms with Crippen LogP contribution in [0.15, 0.2) is 71.0 Å². The predicted molar refractivity (Wildman–Crippen MR) is 156 cm³/mol. The quantitative estimate of drug-likeness (QED) is 0.136. The average molecular weight is 615 g/mol. The third-order valence-electron chi connectivity index (χ3n) is 6.38. The van der Waals surface area contributed by atoms with Crippen molar-refractivity contribution in [2.24, 2.45) is 10.7 Å². The van der Waals surface area contributed by atoms with Crippen molar-refractivity contribution < 1.29 is 37.4 Å². The molecule has 0 saturated carbocycles. The third kappa shape index (κ3) is 7.51. The Morgan fingerprint density at radius 2 is 1.60 bits per heavy atom. The van der Waals surface area contributed by atoms with Gasteiger partial charge in [-0.3, -0.25) is 19.4 Å². The fourth-order valence-corrected chi connectivity index (χ4v) is 5.98. The number of thiophene rings is 2. The number of rotatable bonds is 11. The first-order valence-electron chi connectivity index (χ1n) is 12.6. The summed E-state index contributed by atoms with van der Waals surface area (Å²) in [7, 11) is 0. The number of ether oxygens (including phenoxy) is 1. The molecule has 42 heavy (non-hydrogen) atoms. The molecule has 7 nitrogen and oxygen atoms in total. The van der Waals surface area contributed by atoms with Crippen molar-refractivity contribution >= 4 is 45.9 Å². The molecule has 0 fully saturated rings. The summed E-state index contributed by atoms with van der Waals surface area (Å²) in [6.07, 6.45) is -4.58. The smallest absolute Gasteiger partial charge is 0.506 e. The van der Waals surface area contributed by atoms with Crippen LogP contribution in [0.3, 0.4) is 0 Å². The molecule has 0 bridgehead atoms. The number of aromatic hydroxyl groups is 1. The number of carbonyl (C=O) groups excluding carboxylic acids is 3. The van der Waals surface area contributed by atoms with Gasteiger partial charge in [-0.1, -0.05) is 19.1 Å². The molecule has 0 spiro atoms. The molecule has 2 heterocycles. The molecule has 0 aliphatic rings. The lowest BCUT2D eigenvalue weighted by molar-refractivity contribution is -0.274. The topological polar surface area (TPSA) is 119 Å². The number of primary amides is 1. The van der Waals surface area contributed by atoms with Crippen molar-refractivity contribution in [2.45, 2.75) is 32.5 Å². The summed E-state index contributed by atoms with van der Waals surface area (Å²) in [5.74, 6) is -1.50. The van der Waals surface area contributed by atoms with Crippen LogP contribution in [0.25, 0.3) is 10.4 Å². The van der Waals surface area contributed by atoms with Gasteiger partial charge in [-0.2, -0.15) is 0 Å². The van der Waals surface area contributed by atoms with Crippen LogP contribution in [-0.2, 0) is 0 Å². The van der Waals surface area contributed by atoms with Gasteiger partial charge in [0, 0.05) is 28.6 Å². The van der Waals surface area contributed by atoms with Crippen molar-refractivity contribution in [3.05, 3.63) is 92.5 Å². The highest BCUT2D eigenvalue weighted by atomic mass is 32.1. The molecule has 0 radical (unpaired) electrons. The van der Waals surface area contributed by atoms with Gasteiger partial charge in [0.1, 0.15) is 18.0 Å². The second-order valence-electron chi connectivity index (χ2n) is 9.40. The van der Waals surface area contributed by atoms with E-state index in [0.29, 0.717) is 37.0 Å². The molecular weight excluding hydrogens is 589 g/mol. The van der Waals surface area contributed by atoms with Crippen LogP contribution < -0.4 is 10.5 Å². The molecule has 2 aromatic carbocycles. The lowest BCUT2D eigenvalue weighted by Crippen LogP contribution is -2.16. The zero-order chi connectivity index (χ0) is 30.6. The number of alkyl halides is 3. The highest BCUT2D eigenvalue weighted by Gasteiger charge is 2.31. The highest BCUT2D eigenvalue weighted by Crippen LogP contribution is 2.39. The Kier molecular flexibility index (Phi) is 9.27. The zero-order valence-corrected chi connectivity index (χ0v) is 24.0. The molecule has 2 aromatic heterocycles. The Morgan fingerprint density at radius 1 is 0.976 bits per heavy atom. The van der Waals surface area contributed by atoms with Gasteiger partial charge in [0.15, 0.2) is 11.6 Å². The van der Waals surface area contributed by atoms with E-state index in [1.807, 2.05) is 6.92 Å². The number of carbonyl (C=O) groups is 3. The first kappa shape index (κ1) is 30.7. The van der Waals surface area contributed by atoms with E-state index in [9.17, 15) is 32.7 Å². The molecule has 1 atom stereocenters. The van der Waals surface area contributed by atoms with E-state index in [4.69, 9.17) is 5.73 Å². The van der Waals surface area contributed by atoms with Crippen molar-refractivity contribution in [1.82, 2.24) is 0 Å². The minimum atomic E-state index is -4.80. The number of aliphatic imine (C=N–C) groups is 1. The lowest BCUT2D eigenvalue weighted by Gasteiger charge is -2.10. The number of hydrogen-bond acceptors (Lipinski definition) is 8. The van der Waals surface area contributed by atoms with E-state index < -0.39 is 12.3 Å². The second kappa shape index (κ2) is 12.7. The standard InChI is InChI=1S/C30H25F3N2O5S2/c1-16(18-3-5-20(6-4-18)29(34)39)13-23(36)25-11-12-26(42-25)24(37)14-35-17(2)22-15-41-28(27(22)38)19-7-9-21(10-8-19)40-30(31,32)33/h3-12,15-16,38H,13-14H2,1-2H3,(H2,34,39). The second-order valence-corrected chi connectivity index (χ2v) is 11.4. The van der Waals surface area contributed by atoms with Crippen LogP contribution in [0.4, 0.5) is 13.2 Å². The van der Waals surface area contributed by atoms with Crippen LogP contribution >= 0.6 is 22.7 Å². The Balaban J connectivity index is 1.37. The van der Waals surface area contributed by atoms with Crippen molar-refractivity contribution in [1.29, 1.82) is 0 Å². The van der Waals surface area contributed by atoms with E-state index >= 15 is 0 Å². The van der Waals surface area contributed by atoms with E-state index in [2.05, 4.69) is 9.73 Å². The molecule has 12 heteroatoms. The number of benzene rings is 2. The maximum atomic E-state index is 12.8. The molecule has 0 aliphatic carbocycles. The number of nitrogens with two attached hydrogens (primary N) is 1. The molecule has 218 valence electrons. The van der Waals surface area contributed by atoms with Gasteiger partial charge in [-0.15, -0.1) is 35.8 Å². The van der Waals surface area contributed by atoms with Gasteiger partial charge < -0.3 is 15.6 Å². The number of hydrogen-bond donors (Lipinski definition) is 2. The fourth-order valence-electron chi connectivity index (χ4n) is 4.08. The first-order chi connectivity index (χ1) is 19.8. The van der Waals surface area contributed by atoms with Crippen LogP contribution in [0.1, 0.15) is 67.0 Å². The van der Waals surface area contributed by atoms with Crippen LogP contribution in [0.5, 0.6) is 11.5 Å². The highest BCUT2D eigenvalue weighted by molar-refractivity contribution is 7.16. The molecule has 0 aliphatic heterocycles. The van der Waals surface area contributed by atoms with Gasteiger partial charge in [0.2, 0.25) is 5.91 Å². The van der Waals surface area contributed by atoms with E-state index in [-0.39, 0.29) is 41.9 Å². The Hall–Kier alpha value is -4.29. The fraction of sp³-hybridized carbons (Fsp3) is 0.200. The van der Waals surface area contributed by atoms with Gasteiger partial charge in [0.25, 0.3) is 0 Å². The van der Waals surface area contributed by atoms with E-state index in [0.717, 1.165) is 29.0 Å². The normalized spacial score (nSPS) is 12.6. The molecular formula is C30H25F3N2O5S2. The van der Waals surface area contributed by atoms with Gasteiger partial charge in [0.05, 0.1) is 14.6 Å². The zero-order valence-electron chi connectivity index (χ0n) is 22.4. The first-order valence-corrected chi connectivity index (χ1v) is 14.3. The molecule has 4 rings (SSSR count). The number of halogens is 3. The molecule has 0 saturated heterocycles. The Bertz CT molecular complexity index is 1640. The van der Waals surface area contributed by atoms with E-state index in [1.54, 1.807) is 48.7 Å². The monoisotopic (exact) mass is 614 g/mol. The lowest BCUT2D eigenvalue weighted by atomic mass is 9.94. The Labute approximate surface area is 247 Å². The maximum Gasteiger partial charge on any atom is 0.573 e. The summed E-state index contributed by atoms with van der Waals surface area (Å²) < 4.78 is 41.1. The van der Waals surface area contributed by atoms with Gasteiger partial charge >= 0.3 is 6.36 Å². The molecule has 3 N–H and O–H groups in total. The molecule has 1 unspecified atom stereocenters. The van der Waals surface area contributed by atoms with Crippen molar-refractivity contribution in [3.63, 3.8) is 0 Å². The molecule has 4 aromatic rings. The van der Waals surface area contributed by atoms with Crippen LogP contribution in [0, 0.1) is 0 Å². The predicted octanol–water partition coefficient (Wildman–Crippen LogP) is 7.25. The summed E-state index contributed by atoms with van der Waals surface area (Å²) in [6.45, 7) is 3.34. The van der Waals surface area contributed by atoms with Crippen LogP contribution in [-0.4, -0.2) is 41.2 Å². The number of amides is 1. The summed E-state index contributed by atoms with van der Waals surface area (Å²) >= 11 is 2.28. The minimum Gasteiger partial charge on any atom is -0.506 e. The molecule has 1 amide bonds. The summed E-state index contributed by atoms with van der Waals surface area (Å²) in [4.78, 5) is 42.5. The summed E-state index contributed by atoms with van der Waals surface area (Å²) in [6, 6.07) is 15.1. The van der Waals surface area contributed by atoms with E-state index in [1.165, 1.54) is 23.5 Å². The summed E-state index contributed by atoms with van der Waals surface area (Å²) in [5.41, 5.74) is 7.85. The average Bonchev–Trinajstić information content (AvgIpc) is 3.59. The number of nitrogens with zero attached hydrogens (tertiary/aromatic N) is 1. The van der Waals surface area contributed by atoms with Crippen molar-refractivity contribution in [2.75, 3.05) is 6.54 Å². The van der Waals surface area contributed by atoms with Gasteiger partial charge in [-0.25, -0.2) is 0 Å². The van der Waals surface area contributed by atoms with Gasteiger partial charge in [-0.05, 0) is 72.5 Å². The third-order valence-corrected chi connectivity index (χ3v) is 8.56. The van der Waals surface area contributed by atoms with Crippen molar-refractivity contribution in [3.8, 4) is 21.9 Å². The SMILES string of the molecule is CC(=NCC(=O)c1ccc(C(=O)CC(C)c2ccc(C(N)=O)cc2)s1)c1csc(-c2ccc(OC(F)(F)F)cc2)c1O. The maximum absolute atomic E-state index is 12.8. The summed E-state index contributed by atoms with van der Waals surface area (Å²) in [5, 5.41) is 12.4.